The molecule has 13 heterocycles. The van der Waals surface area contributed by atoms with E-state index in [1.165, 1.54) is 313 Å². The van der Waals surface area contributed by atoms with Crippen LogP contribution in [0.4, 0.5) is 5.69 Å². The Kier molecular flexibility index (Phi) is 44.6. The minimum Gasteiger partial charge on any atom is -0.337 e. The van der Waals surface area contributed by atoms with Crippen LogP contribution in [-0.4, -0.2) is 237 Å². The molecule has 14 nitrogen and oxygen atoms in total. The molecule has 1 aliphatic carbocycles. The summed E-state index contributed by atoms with van der Waals surface area (Å²) in [7, 11) is 26.8. The number of nitrogens with zero attached hydrogens (tertiary/aromatic N) is 3. The van der Waals surface area contributed by atoms with Crippen molar-refractivity contribution < 1.29 is 53.9 Å². The first-order valence-corrected chi connectivity index (χ1v) is 38.1. The first-order valence-electron chi connectivity index (χ1n) is 38.1. The molecule has 0 radical (unpaired) electrons. The molecule has 2 atom stereocenters. The second-order valence-corrected chi connectivity index (χ2v) is 30.5. The summed E-state index contributed by atoms with van der Waals surface area (Å²) >= 11 is 0. The lowest BCUT2D eigenvalue weighted by Gasteiger charge is -2.26. The summed E-state index contributed by atoms with van der Waals surface area (Å²) in [5.74, 6) is 2.16. The van der Waals surface area contributed by atoms with Crippen LogP contribution < -0.4 is 53.9 Å². The van der Waals surface area contributed by atoms with E-state index in [0.29, 0.717) is 6.04 Å². The molecule has 14 heteroatoms. The molecule has 2 aromatic heterocycles. The number of likely N-dealkylation sites (tertiary alicyclic amines) is 8. The number of likely N-dealkylation sites (N-methyl/N-ethyl adjacent to an activating group) is 2. The summed E-state index contributed by atoms with van der Waals surface area (Å²) in [6.07, 6.45) is 40.9. The molecule has 0 spiro atoms. The van der Waals surface area contributed by atoms with Crippen molar-refractivity contribution in [1.82, 2.24) is 14.9 Å². The lowest BCUT2D eigenvalue weighted by atomic mass is 9.84. The number of fused-ring (bicyclic) bond motifs is 4. The summed E-state index contributed by atoms with van der Waals surface area (Å²) in [6, 6.07) is 19.7. The molecule has 0 amide bonds. The van der Waals surface area contributed by atoms with Crippen LogP contribution in [0.15, 0.2) is 79.4 Å². The molecule has 516 valence electrons. The van der Waals surface area contributed by atoms with Gasteiger partial charge in [0.05, 0.1) is 202 Å². The lowest BCUT2D eigenvalue weighted by Crippen LogP contribution is -3.15. The minimum atomic E-state index is 0.693. The fourth-order valence-corrected chi connectivity index (χ4v) is 14.5. The number of piperidine rings is 2. The van der Waals surface area contributed by atoms with E-state index < -0.39 is 0 Å². The number of hydrogen-bond acceptors (Lipinski definition) is 3. The molecule has 1 aromatic carbocycles. The Labute approximate surface area is 556 Å². The zero-order valence-corrected chi connectivity index (χ0v) is 61.4. The van der Waals surface area contributed by atoms with Crippen LogP contribution >= 0.6 is 0 Å². The number of benzene rings is 1. The third-order valence-corrected chi connectivity index (χ3v) is 21.2. The van der Waals surface area contributed by atoms with Gasteiger partial charge in [-0.15, -0.1) is 0 Å². The van der Waals surface area contributed by atoms with E-state index in [0.717, 1.165) is 11.8 Å². The summed E-state index contributed by atoms with van der Waals surface area (Å²) < 4.78 is 0. The van der Waals surface area contributed by atoms with Gasteiger partial charge in [0.15, 0.2) is 0 Å². The third-order valence-electron chi connectivity index (χ3n) is 21.2. The fraction of sp³-hybridized carbons (Fsp3) is 0.789. The van der Waals surface area contributed by atoms with Gasteiger partial charge >= 0.3 is 0 Å². The molecule has 1 saturated carbocycles. The summed E-state index contributed by atoms with van der Waals surface area (Å²) in [6.45, 7) is 30.2. The lowest BCUT2D eigenvalue weighted by molar-refractivity contribution is -0.919. The molecule has 12 aliphatic rings. The number of quaternary nitrogens is 11. The predicted octanol–water partition coefficient (Wildman–Crippen LogP) is -3.14. The number of rotatable bonds is 4. The maximum absolute atomic E-state index is 4.15. The molecule has 12 fully saturated rings. The topological polar surface area (TPSA) is 77.9 Å². The number of aromatic nitrogens is 2. The molecular weight excluding hydrogens is 1110 g/mol. The highest BCUT2D eigenvalue weighted by atomic mass is 15.2. The molecule has 15 rings (SSSR count). The first-order chi connectivity index (χ1) is 43.6. The molecule has 2 bridgehead atoms. The monoisotopic (exact) mass is 1260 g/mol. The summed E-state index contributed by atoms with van der Waals surface area (Å²) in [5.41, 5.74) is 4.15. The van der Waals surface area contributed by atoms with Crippen molar-refractivity contribution in [2.45, 2.75) is 160 Å². The summed E-state index contributed by atoms with van der Waals surface area (Å²) in [5, 5.41) is 0. The minimum absolute atomic E-state index is 0.693. The van der Waals surface area contributed by atoms with E-state index in [-0.39, 0.29) is 0 Å². The van der Waals surface area contributed by atoms with E-state index >= 15 is 0 Å². The van der Waals surface area contributed by atoms with Gasteiger partial charge in [0.25, 0.3) is 0 Å². The molecule has 2 unspecified atom stereocenters. The number of pyridine rings is 2. The van der Waals surface area contributed by atoms with E-state index in [2.05, 4.69) is 136 Å². The van der Waals surface area contributed by atoms with Crippen LogP contribution in [0.2, 0.25) is 0 Å². The average Bonchev–Trinajstić information content (AvgIpc) is 3.38. The maximum atomic E-state index is 4.15. The van der Waals surface area contributed by atoms with Crippen LogP contribution in [0, 0.1) is 11.8 Å². The highest BCUT2D eigenvalue weighted by Gasteiger charge is 2.30. The van der Waals surface area contributed by atoms with Crippen molar-refractivity contribution in [2.75, 3.05) is 222 Å². The highest BCUT2D eigenvalue weighted by molar-refractivity contribution is 5.24. The van der Waals surface area contributed by atoms with Crippen molar-refractivity contribution in [3.05, 3.63) is 90.5 Å². The zero-order chi connectivity index (χ0) is 64.8. The van der Waals surface area contributed by atoms with Gasteiger partial charge in [0.1, 0.15) is 18.3 Å². The number of nitrogens with one attached hydrogen (secondary N) is 11. The van der Waals surface area contributed by atoms with Gasteiger partial charge < -0.3 is 53.9 Å². The fourth-order valence-electron chi connectivity index (χ4n) is 14.5. The van der Waals surface area contributed by atoms with Gasteiger partial charge in [-0.3, -0.25) is 14.9 Å². The van der Waals surface area contributed by atoms with E-state index in [1.54, 1.807) is 49.0 Å². The van der Waals surface area contributed by atoms with Crippen molar-refractivity contribution >= 4 is 5.69 Å². The molecule has 11 aliphatic heterocycles. The number of piperazine rings is 1. The van der Waals surface area contributed by atoms with E-state index in [1.807, 2.05) is 43.0 Å². The summed E-state index contributed by atoms with van der Waals surface area (Å²) in [4.78, 5) is 28.9. The Morgan fingerprint density at radius 2 is 0.767 bits per heavy atom. The van der Waals surface area contributed by atoms with E-state index in [9.17, 15) is 0 Å². The van der Waals surface area contributed by atoms with Crippen LogP contribution in [-0.2, 0) is 6.54 Å². The predicted molar refractivity (Wildman–Crippen MR) is 380 cm³/mol. The van der Waals surface area contributed by atoms with Gasteiger partial charge in [-0.05, 0) is 103 Å². The van der Waals surface area contributed by atoms with Gasteiger partial charge in [0, 0.05) is 131 Å². The van der Waals surface area contributed by atoms with Gasteiger partial charge in [-0.25, -0.2) is 0 Å². The van der Waals surface area contributed by atoms with Gasteiger partial charge in [0.2, 0.25) is 0 Å². The van der Waals surface area contributed by atoms with Crippen molar-refractivity contribution in [3.63, 3.8) is 0 Å². The van der Waals surface area contributed by atoms with Crippen molar-refractivity contribution in [2.24, 2.45) is 11.8 Å². The Balaban J connectivity index is 0.000000213. The Morgan fingerprint density at radius 3 is 1.11 bits per heavy atom. The SMILES string of the molecule is CN1CC[NH+](C)CC1.C[NH+](C)c1ccncc1.C[NH+]1CC2CCC(CC2)C1.C[NH+]1CCC1.C[NH+]1CCCC1.C[NH+]1CCCC1.C[NH+]1CCCC1c1cccnc1.C[NH+]1CCCCC1.C[NH+]1CCCCC1.C[NH+]1CCCCCC1.c1ccc(C[NH+]2CCCC2)cc1. The van der Waals surface area contributed by atoms with Crippen molar-refractivity contribution in [1.29, 1.82) is 0 Å². The van der Waals surface area contributed by atoms with Crippen LogP contribution in [0.25, 0.3) is 0 Å². The Morgan fingerprint density at radius 1 is 0.378 bits per heavy atom. The van der Waals surface area contributed by atoms with Crippen LogP contribution in [0.5, 0.6) is 0 Å². The standard InChI is InChI=1S/C11H15N.C10H14N2.C9H17N.C7H10N2.C7H15N.C6H14N2.2C6H13N.2C5H11N.C4H9N/c1-2-6-11(7-3-1)10-12-8-4-5-9-12;1-12-7-3-5-10(12)9-4-2-6-11-8-9;1-10-6-8-2-3-9(7-10)5-4-8;1-9(2)7-3-5-8-6-4-7;1-8-6-4-2-3-5-7-8;1-7-3-5-8(2)6-4-7;2*1-7-5-3-2-4-6-7;2*1-6-4-2-3-5-6;1-5-3-2-4-5/h1-3,6-7H,4-5,8-10H2;2,4,6,8,10H,3,5,7H2,1H3;8-9H,2-7H2,1H3;3-6H,1-2H3;2-7H2,1H3;3-6H2,1-2H3;2*2-6H2,1H3;2*2-5H2,1H3;2-4H2,1H3/p+11. The zero-order valence-electron chi connectivity index (χ0n) is 61.4. The number of hydrogen-bond donors (Lipinski definition) is 11. The van der Waals surface area contributed by atoms with Crippen LogP contribution in [0.1, 0.15) is 165 Å². The average molecular weight is 1260 g/mol. The van der Waals surface area contributed by atoms with Gasteiger partial charge in [-0.1, -0.05) is 36.4 Å². The normalized spacial score (nSPS) is 25.9. The highest BCUT2D eigenvalue weighted by Crippen LogP contribution is 2.28. The molecular formula is C76H153N14+11. The molecule has 11 saturated heterocycles. The van der Waals surface area contributed by atoms with Gasteiger partial charge in [-0.2, -0.15) is 0 Å². The maximum Gasteiger partial charge on any atom is 0.133 e. The second kappa shape index (κ2) is 50.5. The first kappa shape index (κ1) is 79.5. The molecule has 3 aromatic rings. The second-order valence-electron chi connectivity index (χ2n) is 30.5. The smallest absolute Gasteiger partial charge is 0.133 e. The Bertz CT molecular complexity index is 1960. The largest absolute Gasteiger partial charge is 0.337 e. The molecule has 11 N–H and O–H groups in total. The van der Waals surface area contributed by atoms with E-state index in [4.69, 9.17) is 0 Å². The van der Waals surface area contributed by atoms with Crippen molar-refractivity contribution in [3.8, 4) is 0 Å². The Hall–Kier alpha value is -2.96. The van der Waals surface area contributed by atoms with Crippen LogP contribution in [0.3, 0.4) is 0 Å². The third kappa shape index (κ3) is 39.7. The molecule has 90 heavy (non-hydrogen) atoms. The quantitative estimate of drug-likeness (QED) is 0.137.